The Bertz CT molecular complexity index is 631. The maximum Gasteiger partial charge on any atom is 0.423 e. The highest BCUT2D eigenvalue weighted by atomic mass is 19.4. The number of nitrogens with one attached hydrogen (secondary N) is 1. The molecule has 0 bridgehead atoms. The molecular weight excluding hydrogens is 346 g/mol. The van der Waals surface area contributed by atoms with Crippen LogP contribution in [-0.4, -0.2) is 34.9 Å². The third-order valence-electron chi connectivity index (χ3n) is 3.88. The smallest absolute Gasteiger partial charge is 0.395 e. The van der Waals surface area contributed by atoms with Crippen LogP contribution in [0.1, 0.15) is 23.5 Å². The van der Waals surface area contributed by atoms with E-state index in [2.05, 4.69) is 5.32 Å². The molecule has 0 saturated carbocycles. The van der Waals surface area contributed by atoms with Crippen LogP contribution in [0.25, 0.3) is 0 Å². The summed E-state index contributed by atoms with van der Waals surface area (Å²) in [4.78, 5) is 9.46. The summed E-state index contributed by atoms with van der Waals surface area (Å²) in [5, 5.41) is 21.9. The normalized spacial score (nSPS) is 25.0. The highest BCUT2D eigenvalue weighted by Gasteiger charge is 2.51. The molecule has 2 N–H and O–H groups in total. The van der Waals surface area contributed by atoms with E-state index in [4.69, 9.17) is 5.11 Å². The summed E-state index contributed by atoms with van der Waals surface area (Å²) in [6.07, 6.45) is -10.1. The molecule has 1 aliphatic rings. The second kappa shape index (κ2) is 6.20. The third-order valence-corrected chi connectivity index (χ3v) is 3.88. The van der Waals surface area contributed by atoms with Crippen molar-refractivity contribution in [3.63, 3.8) is 0 Å². The van der Waals surface area contributed by atoms with Crippen molar-refractivity contribution in [3.8, 4) is 0 Å². The molecule has 0 amide bonds. The van der Waals surface area contributed by atoms with Gasteiger partial charge in [-0.15, -0.1) is 0 Å². The van der Waals surface area contributed by atoms with Gasteiger partial charge in [0.15, 0.2) is 0 Å². The van der Waals surface area contributed by atoms with Gasteiger partial charge >= 0.3 is 12.4 Å². The van der Waals surface area contributed by atoms with Crippen LogP contribution in [0.15, 0.2) is 18.2 Å². The summed E-state index contributed by atoms with van der Waals surface area (Å²) >= 11 is 0. The van der Waals surface area contributed by atoms with E-state index in [0.29, 0.717) is 12.1 Å². The summed E-state index contributed by atoms with van der Waals surface area (Å²) in [6.45, 7) is -0.609. The Hall–Kier alpha value is -1.88. The van der Waals surface area contributed by atoms with Crippen molar-refractivity contribution in [2.45, 2.75) is 36.8 Å². The lowest BCUT2D eigenvalue weighted by Gasteiger charge is -2.23. The Balaban J connectivity index is 2.49. The quantitative estimate of drug-likeness (QED) is 0.495. The van der Waals surface area contributed by atoms with Crippen LogP contribution in [0.2, 0.25) is 0 Å². The Morgan fingerprint density at radius 3 is 2.33 bits per heavy atom. The largest absolute Gasteiger partial charge is 0.423 e. The average molecular weight is 358 g/mol. The van der Waals surface area contributed by atoms with Gasteiger partial charge in [-0.3, -0.25) is 10.1 Å². The number of hydrogen-bond donors (Lipinski definition) is 2. The van der Waals surface area contributed by atoms with E-state index in [0.717, 1.165) is 6.07 Å². The number of benzene rings is 1. The van der Waals surface area contributed by atoms with E-state index in [9.17, 15) is 36.5 Å². The zero-order chi connectivity index (χ0) is 18.3. The first-order valence-corrected chi connectivity index (χ1v) is 6.74. The van der Waals surface area contributed by atoms with Crippen molar-refractivity contribution in [1.29, 1.82) is 0 Å². The van der Waals surface area contributed by atoms with Gasteiger partial charge in [0, 0.05) is 18.0 Å². The molecule has 0 spiro atoms. The molecular formula is C13H12F6N2O3. The molecule has 134 valence electrons. The first-order chi connectivity index (χ1) is 10.9. The minimum Gasteiger partial charge on any atom is -0.395 e. The number of aliphatic hydroxyl groups is 1. The molecule has 2 rings (SSSR count). The number of nitro groups is 1. The van der Waals surface area contributed by atoms with Gasteiger partial charge < -0.3 is 10.4 Å². The van der Waals surface area contributed by atoms with Gasteiger partial charge in [-0.1, -0.05) is 6.07 Å². The molecule has 1 heterocycles. The number of nitro benzene ring substituents is 1. The van der Waals surface area contributed by atoms with Gasteiger partial charge in [-0.2, -0.15) is 26.3 Å². The van der Waals surface area contributed by atoms with E-state index in [1.54, 1.807) is 0 Å². The molecule has 1 fully saturated rings. The fraction of sp³-hybridized carbons (Fsp3) is 0.538. The maximum atomic E-state index is 13.1. The highest BCUT2D eigenvalue weighted by molar-refractivity contribution is 5.46. The molecule has 24 heavy (non-hydrogen) atoms. The number of nitrogens with zero attached hydrogens (tertiary/aromatic N) is 1. The van der Waals surface area contributed by atoms with E-state index in [1.807, 2.05) is 0 Å². The minimum atomic E-state index is -5.07. The maximum absolute atomic E-state index is 13.1. The lowest BCUT2D eigenvalue weighted by atomic mass is 9.89. The number of hydrogen-bond acceptors (Lipinski definition) is 4. The second-order valence-electron chi connectivity index (χ2n) is 5.44. The van der Waals surface area contributed by atoms with Crippen molar-refractivity contribution < 1.29 is 36.4 Å². The van der Waals surface area contributed by atoms with Crippen LogP contribution in [0, 0.1) is 10.1 Å². The van der Waals surface area contributed by atoms with Crippen molar-refractivity contribution >= 4 is 5.69 Å². The van der Waals surface area contributed by atoms with Crippen molar-refractivity contribution in [1.82, 2.24) is 5.32 Å². The lowest BCUT2D eigenvalue weighted by molar-refractivity contribution is -0.388. The number of aliphatic hydroxyl groups excluding tert-OH is 1. The van der Waals surface area contributed by atoms with Gasteiger partial charge in [0.05, 0.1) is 11.5 Å². The molecule has 1 aromatic rings. The summed E-state index contributed by atoms with van der Waals surface area (Å²) in [5.74, 6) is -1.39. The molecule has 1 unspecified atom stereocenters. The third kappa shape index (κ3) is 3.61. The van der Waals surface area contributed by atoms with Crippen LogP contribution in [0.5, 0.6) is 0 Å². The molecule has 0 radical (unpaired) electrons. The molecule has 5 nitrogen and oxygen atoms in total. The Morgan fingerprint density at radius 2 is 1.88 bits per heavy atom. The van der Waals surface area contributed by atoms with Gasteiger partial charge in [0.1, 0.15) is 11.6 Å². The van der Waals surface area contributed by atoms with E-state index >= 15 is 0 Å². The average Bonchev–Trinajstić information content (AvgIpc) is 2.90. The fourth-order valence-electron chi connectivity index (χ4n) is 2.83. The van der Waals surface area contributed by atoms with Gasteiger partial charge in [-0.05, 0) is 18.1 Å². The lowest BCUT2D eigenvalue weighted by Crippen LogP contribution is -2.43. The van der Waals surface area contributed by atoms with Gasteiger partial charge in [0.25, 0.3) is 5.69 Å². The van der Waals surface area contributed by atoms with Crippen LogP contribution in [-0.2, 0) is 6.18 Å². The Labute approximate surface area is 131 Å². The topological polar surface area (TPSA) is 75.4 Å². The predicted octanol–water partition coefficient (Wildman–Crippen LogP) is 2.98. The van der Waals surface area contributed by atoms with Crippen LogP contribution < -0.4 is 5.32 Å². The molecule has 1 aromatic carbocycles. The molecule has 0 aliphatic carbocycles. The molecule has 0 aromatic heterocycles. The number of alkyl halides is 6. The first kappa shape index (κ1) is 18.5. The zero-order valence-corrected chi connectivity index (χ0v) is 11.9. The van der Waals surface area contributed by atoms with Crippen LogP contribution in [0.4, 0.5) is 32.0 Å². The summed E-state index contributed by atoms with van der Waals surface area (Å²) in [7, 11) is 0. The molecule has 1 saturated heterocycles. The van der Waals surface area contributed by atoms with Crippen LogP contribution >= 0.6 is 0 Å². The Kier molecular flexibility index (Phi) is 4.77. The van der Waals surface area contributed by atoms with Crippen molar-refractivity contribution in [2.75, 3.05) is 6.61 Å². The molecule has 3 atom stereocenters. The van der Waals surface area contributed by atoms with Crippen molar-refractivity contribution in [2.24, 2.45) is 0 Å². The van der Waals surface area contributed by atoms with E-state index in [1.165, 1.54) is 0 Å². The zero-order valence-electron chi connectivity index (χ0n) is 11.9. The Morgan fingerprint density at radius 1 is 1.25 bits per heavy atom. The second-order valence-corrected chi connectivity index (χ2v) is 5.44. The molecule has 11 heteroatoms. The highest BCUT2D eigenvalue weighted by Crippen LogP contribution is 2.43. The SMILES string of the molecule is O=[N+]([O-])c1ccc(C2C[C@@H](CO)N[C@@H]2C(F)(F)F)cc1C(F)(F)F. The predicted molar refractivity (Wildman–Crippen MR) is 69.3 cm³/mol. The number of halogens is 6. The minimum absolute atomic E-state index is 0.240. The monoisotopic (exact) mass is 358 g/mol. The van der Waals surface area contributed by atoms with Gasteiger partial charge in [0.2, 0.25) is 0 Å². The van der Waals surface area contributed by atoms with E-state index in [-0.39, 0.29) is 12.0 Å². The van der Waals surface area contributed by atoms with E-state index < -0.39 is 53.1 Å². The van der Waals surface area contributed by atoms with Crippen molar-refractivity contribution in [3.05, 3.63) is 39.4 Å². The fourth-order valence-corrected chi connectivity index (χ4v) is 2.83. The first-order valence-electron chi connectivity index (χ1n) is 6.74. The summed E-state index contributed by atoms with van der Waals surface area (Å²) < 4.78 is 78.1. The number of rotatable bonds is 3. The summed E-state index contributed by atoms with van der Waals surface area (Å²) in [5.41, 5.74) is -3.14. The summed E-state index contributed by atoms with van der Waals surface area (Å²) in [6, 6.07) is -1.25. The molecule has 1 aliphatic heterocycles. The van der Waals surface area contributed by atoms with Gasteiger partial charge in [-0.25, -0.2) is 0 Å². The standard InChI is InChI=1S/C13H12F6N2O3/c14-12(15,16)9-3-6(1-2-10(9)21(23)24)8-4-7(5-22)20-11(8)13(17,18)19/h1-3,7-8,11,20,22H,4-5H2/t7-,8?,11-/m0/s1. The van der Waals surface area contributed by atoms with Crippen LogP contribution in [0.3, 0.4) is 0 Å².